The fraction of sp³-hybridized carbons (Fsp3) is 0.933. The van der Waals surface area contributed by atoms with Crippen LogP contribution in [-0.2, 0) is 0 Å². The molecule has 0 bridgehead atoms. The summed E-state index contributed by atoms with van der Waals surface area (Å²) in [5.41, 5.74) is 0. The Bertz CT molecular complexity index is 258. The van der Waals surface area contributed by atoms with Gasteiger partial charge in [-0.15, -0.1) is 24.0 Å². The Morgan fingerprint density at radius 2 is 2.05 bits per heavy atom. The molecule has 0 saturated carbocycles. The van der Waals surface area contributed by atoms with Crippen LogP contribution >= 0.6 is 24.0 Å². The van der Waals surface area contributed by atoms with Crippen LogP contribution in [0.5, 0.6) is 0 Å². The first kappa shape index (κ1) is 20.0. The van der Waals surface area contributed by atoms with Crippen molar-refractivity contribution in [3.63, 3.8) is 0 Å². The van der Waals surface area contributed by atoms with Gasteiger partial charge in [-0.1, -0.05) is 20.3 Å². The van der Waals surface area contributed by atoms with Gasteiger partial charge in [-0.3, -0.25) is 4.99 Å². The number of hydrogen-bond donors (Lipinski definition) is 2. The van der Waals surface area contributed by atoms with Crippen LogP contribution in [0.3, 0.4) is 0 Å². The Kier molecular flexibility index (Phi) is 12.7. The standard InChI is InChI=1S/C15H32N4.HI/c1-4-7-10-17-15(16-5-2)18-12-14-9-8-11-19(6-3)13-14;/h14H,4-13H2,1-3H3,(H2,16,17,18);1H. The third kappa shape index (κ3) is 8.29. The molecule has 2 N–H and O–H groups in total. The van der Waals surface area contributed by atoms with Crippen LogP contribution in [0.4, 0.5) is 0 Å². The van der Waals surface area contributed by atoms with Crippen molar-refractivity contribution in [2.75, 3.05) is 39.3 Å². The van der Waals surface area contributed by atoms with Gasteiger partial charge in [-0.25, -0.2) is 0 Å². The Labute approximate surface area is 142 Å². The van der Waals surface area contributed by atoms with Crippen LogP contribution in [0, 0.1) is 5.92 Å². The van der Waals surface area contributed by atoms with E-state index >= 15 is 0 Å². The summed E-state index contributed by atoms with van der Waals surface area (Å²) >= 11 is 0. The minimum atomic E-state index is 0. The van der Waals surface area contributed by atoms with E-state index in [1.165, 1.54) is 45.3 Å². The summed E-state index contributed by atoms with van der Waals surface area (Å²) in [4.78, 5) is 7.29. The molecule has 4 nitrogen and oxygen atoms in total. The van der Waals surface area contributed by atoms with Crippen LogP contribution in [0.25, 0.3) is 0 Å². The Hall–Kier alpha value is -0.0400. The molecule has 0 spiro atoms. The van der Waals surface area contributed by atoms with Gasteiger partial charge in [0.1, 0.15) is 0 Å². The van der Waals surface area contributed by atoms with Crippen molar-refractivity contribution in [1.82, 2.24) is 15.5 Å². The van der Waals surface area contributed by atoms with E-state index in [2.05, 4.69) is 36.3 Å². The molecule has 1 saturated heterocycles. The third-order valence-corrected chi connectivity index (χ3v) is 3.72. The molecule has 20 heavy (non-hydrogen) atoms. The van der Waals surface area contributed by atoms with Gasteiger partial charge in [-0.2, -0.15) is 0 Å². The van der Waals surface area contributed by atoms with Crippen molar-refractivity contribution in [1.29, 1.82) is 0 Å². The predicted molar refractivity (Wildman–Crippen MR) is 99.1 cm³/mol. The highest BCUT2D eigenvalue weighted by Gasteiger charge is 2.18. The van der Waals surface area contributed by atoms with Gasteiger partial charge in [0.25, 0.3) is 0 Å². The van der Waals surface area contributed by atoms with E-state index in [0.29, 0.717) is 0 Å². The molecule has 1 aliphatic heterocycles. The van der Waals surface area contributed by atoms with Crippen molar-refractivity contribution in [2.24, 2.45) is 10.9 Å². The smallest absolute Gasteiger partial charge is 0.191 e. The van der Waals surface area contributed by atoms with Gasteiger partial charge in [-0.05, 0) is 45.2 Å². The molecule has 1 aliphatic rings. The van der Waals surface area contributed by atoms with E-state index in [1.807, 2.05) is 0 Å². The minimum Gasteiger partial charge on any atom is -0.357 e. The van der Waals surface area contributed by atoms with E-state index in [9.17, 15) is 0 Å². The summed E-state index contributed by atoms with van der Waals surface area (Å²) in [6.45, 7) is 13.2. The van der Waals surface area contributed by atoms with Crippen molar-refractivity contribution in [3.8, 4) is 0 Å². The summed E-state index contributed by atoms with van der Waals surface area (Å²) in [6, 6.07) is 0. The average molecular weight is 396 g/mol. The molecular weight excluding hydrogens is 363 g/mol. The number of nitrogens with one attached hydrogen (secondary N) is 2. The summed E-state index contributed by atoms with van der Waals surface area (Å²) in [7, 11) is 0. The zero-order valence-corrected chi connectivity index (χ0v) is 15.8. The lowest BCUT2D eigenvalue weighted by molar-refractivity contribution is 0.186. The highest BCUT2D eigenvalue weighted by atomic mass is 127. The lowest BCUT2D eigenvalue weighted by Gasteiger charge is -2.31. The molecule has 1 rings (SSSR count). The zero-order valence-electron chi connectivity index (χ0n) is 13.5. The van der Waals surface area contributed by atoms with Crippen LogP contribution < -0.4 is 10.6 Å². The first-order valence-corrected chi connectivity index (χ1v) is 8.04. The molecule has 0 radical (unpaired) electrons. The van der Waals surface area contributed by atoms with Crippen molar-refractivity contribution in [3.05, 3.63) is 0 Å². The normalized spacial score (nSPS) is 20.4. The maximum Gasteiger partial charge on any atom is 0.191 e. The first-order valence-electron chi connectivity index (χ1n) is 8.04. The van der Waals surface area contributed by atoms with Crippen molar-refractivity contribution >= 4 is 29.9 Å². The first-order chi connectivity index (χ1) is 9.30. The Balaban J connectivity index is 0.00000361. The number of likely N-dealkylation sites (tertiary alicyclic amines) is 1. The van der Waals surface area contributed by atoms with Crippen molar-refractivity contribution < 1.29 is 0 Å². The number of hydrogen-bond acceptors (Lipinski definition) is 2. The molecule has 5 heteroatoms. The predicted octanol–water partition coefficient (Wildman–Crippen LogP) is 2.69. The summed E-state index contributed by atoms with van der Waals surface area (Å²) in [5, 5.41) is 6.74. The molecule has 0 aliphatic carbocycles. The third-order valence-electron chi connectivity index (χ3n) is 3.72. The molecule has 0 amide bonds. The van der Waals surface area contributed by atoms with Gasteiger partial charge in [0, 0.05) is 26.2 Å². The second kappa shape index (κ2) is 12.7. The maximum absolute atomic E-state index is 4.75. The molecule has 0 aromatic rings. The van der Waals surface area contributed by atoms with Gasteiger partial charge in [0.2, 0.25) is 0 Å². The van der Waals surface area contributed by atoms with Gasteiger partial charge < -0.3 is 15.5 Å². The lowest BCUT2D eigenvalue weighted by Crippen LogP contribution is -2.40. The monoisotopic (exact) mass is 396 g/mol. The average Bonchev–Trinajstić information content (AvgIpc) is 2.45. The molecule has 1 atom stereocenters. The molecule has 0 aromatic carbocycles. The maximum atomic E-state index is 4.75. The van der Waals surface area contributed by atoms with Crippen molar-refractivity contribution in [2.45, 2.75) is 46.5 Å². The van der Waals surface area contributed by atoms with E-state index in [4.69, 9.17) is 4.99 Å². The molecule has 1 fully saturated rings. The molecule has 0 aromatic heterocycles. The lowest BCUT2D eigenvalue weighted by atomic mass is 9.98. The van der Waals surface area contributed by atoms with Crippen LogP contribution in [0.2, 0.25) is 0 Å². The largest absolute Gasteiger partial charge is 0.357 e. The van der Waals surface area contributed by atoms with Crippen LogP contribution in [-0.4, -0.2) is 50.1 Å². The van der Waals surface area contributed by atoms with Gasteiger partial charge >= 0.3 is 0 Å². The molecule has 1 unspecified atom stereocenters. The number of guanidine groups is 1. The summed E-state index contributed by atoms with van der Waals surface area (Å²) in [6.07, 6.45) is 5.08. The second-order valence-electron chi connectivity index (χ2n) is 5.40. The number of halogens is 1. The number of aliphatic imine (C=N–C) groups is 1. The zero-order chi connectivity index (χ0) is 13.9. The number of unbranched alkanes of at least 4 members (excludes halogenated alkanes) is 1. The number of rotatable bonds is 7. The second-order valence-corrected chi connectivity index (χ2v) is 5.40. The summed E-state index contributed by atoms with van der Waals surface area (Å²) in [5.74, 6) is 1.72. The fourth-order valence-corrected chi connectivity index (χ4v) is 2.53. The van der Waals surface area contributed by atoms with E-state index < -0.39 is 0 Å². The number of piperidine rings is 1. The van der Waals surface area contributed by atoms with Gasteiger partial charge in [0.15, 0.2) is 5.96 Å². The SMILES string of the molecule is CCCCNC(=NCC1CCCN(CC)C1)NCC.I. The van der Waals surface area contributed by atoms with Gasteiger partial charge in [0.05, 0.1) is 0 Å². The number of nitrogens with zero attached hydrogens (tertiary/aromatic N) is 2. The molecule has 120 valence electrons. The topological polar surface area (TPSA) is 39.7 Å². The minimum absolute atomic E-state index is 0. The fourth-order valence-electron chi connectivity index (χ4n) is 2.53. The van der Waals surface area contributed by atoms with Crippen LogP contribution in [0.1, 0.15) is 46.5 Å². The highest BCUT2D eigenvalue weighted by Crippen LogP contribution is 2.16. The highest BCUT2D eigenvalue weighted by molar-refractivity contribution is 14.0. The quantitative estimate of drug-likeness (QED) is 0.301. The molecule has 1 heterocycles. The Morgan fingerprint density at radius 3 is 2.70 bits per heavy atom. The molecular formula is C15H33IN4. The summed E-state index contributed by atoms with van der Waals surface area (Å²) < 4.78 is 0. The van der Waals surface area contributed by atoms with E-state index in [1.54, 1.807) is 0 Å². The van der Waals surface area contributed by atoms with E-state index in [0.717, 1.165) is 31.5 Å². The Morgan fingerprint density at radius 1 is 1.25 bits per heavy atom. The van der Waals surface area contributed by atoms with E-state index in [-0.39, 0.29) is 24.0 Å². The van der Waals surface area contributed by atoms with Crippen LogP contribution in [0.15, 0.2) is 4.99 Å².